The van der Waals surface area contributed by atoms with Crippen molar-refractivity contribution in [1.82, 2.24) is 0 Å². The number of aliphatic hydroxyl groups is 1. The minimum atomic E-state index is -0.540. The molecule has 0 heterocycles. The van der Waals surface area contributed by atoms with E-state index in [9.17, 15) is 5.11 Å². The third-order valence-electron chi connectivity index (χ3n) is 1.58. The van der Waals surface area contributed by atoms with Crippen LogP contribution in [0.5, 0.6) is 0 Å². The van der Waals surface area contributed by atoms with Gasteiger partial charge in [0.2, 0.25) is 0 Å². The van der Waals surface area contributed by atoms with E-state index in [0.717, 1.165) is 24.8 Å². The van der Waals surface area contributed by atoms with Crippen molar-refractivity contribution in [2.75, 3.05) is 0 Å². The minimum Gasteiger partial charge on any atom is -0.390 e. The summed E-state index contributed by atoms with van der Waals surface area (Å²) in [6.07, 6.45) is 4.51. The molecule has 1 N–H and O–H groups in total. The predicted octanol–water partition coefficient (Wildman–Crippen LogP) is 3.16. The maximum absolute atomic E-state index is 9.35. The molecule has 0 unspecified atom stereocenters. The molecule has 0 fully saturated rings. The summed E-state index contributed by atoms with van der Waals surface area (Å²) >= 11 is 0. The van der Waals surface area contributed by atoms with Gasteiger partial charge >= 0.3 is 0 Å². The van der Waals surface area contributed by atoms with Crippen molar-refractivity contribution in [1.29, 1.82) is 0 Å². The van der Waals surface area contributed by atoms with Gasteiger partial charge in [0.1, 0.15) is 0 Å². The van der Waals surface area contributed by atoms with Crippen LogP contribution in [0.2, 0.25) is 0 Å². The van der Waals surface area contributed by atoms with Crippen LogP contribution >= 0.6 is 0 Å². The molecule has 0 saturated carbocycles. The number of allylic oxidation sites excluding steroid dienone is 2. The highest BCUT2D eigenvalue weighted by atomic mass is 16.3. The van der Waals surface area contributed by atoms with Gasteiger partial charge in [-0.2, -0.15) is 0 Å². The second-order valence-electron chi connectivity index (χ2n) is 3.53. The maximum Gasteiger partial charge on any atom is 0.0591 e. The summed E-state index contributed by atoms with van der Waals surface area (Å²) in [5.41, 5.74) is 0.510. The fourth-order valence-corrected chi connectivity index (χ4v) is 0.850. The van der Waals surface area contributed by atoms with Crippen LogP contribution in [0, 0.1) is 0 Å². The van der Waals surface area contributed by atoms with Crippen LogP contribution in [-0.2, 0) is 0 Å². The van der Waals surface area contributed by atoms with Crippen molar-refractivity contribution in [2.24, 2.45) is 0 Å². The molecule has 0 aliphatic heterocycles. The van der Waals surface area contributed by atoms with Crippen LogP contribution in [0.15, 0.2) is 24.8 Å². The van der Waals surface area contributed by atoms with Gasteiger partial charge in [-0.05, 0) is 33.1 Å². The monoisotopic (exact) mass is 158 g/mol. The summed E-state index contributed by atoms with van der Waals surface area (Å²) < 4.78 is 0. The third-order valence-corrected chi connectivity index (χ3v) is 1.58. The fraction of sp³-hybridized carbons (Fsp3) is 0.600. The first-order valence-electron chi connectivity index (χ1n) is 3.98. The van der Waals surface area contributed by atoms with Crippen molar-refractivity contribution in [2.45, 2.75) is 38.7 Å². The summed E-state index contributed by atoms with van der Waals surface area (Å²) in [4.78, 5) is 0. The van der Waals surface area contributed by atoms with E-state index >= 15 is 0 Å². The van der Waals surface area contributed by atoms with E-state index in [2.05, 4.69) is 13.2 Å². The van der Waals surface area contributed by atoms with Crippen LogP contribution in [0.25, 0.3) is 0 Å². The molecule has 0 aliphatic carbocycles. The molecule has 1 nitrogen and oxygen atoms in total. The maximum atomic E-state index is 9.35. The number of hydrogen-bond donors (Lipinski definition) is 1. The molecule has 0 aromatic rings. The van der Waals surface area contributed by atoms with E-state index in [1.807, 2.05) is 13.8 Å². The lowest BCUT2D eigenvalue weighted by molar-refractivity contribution is 0.0690. The lowest BCUT2D eigenvalue weighted by atomic mass is 10.00. The normalized spacial score (nSPS) is 11.2. The summed E-state index contributed by atoms with van der Waals surface area (Å²) in [7, 11) is 0. The highest BCUT2D eigenvalue weighted by Gasteiger charge is 2.10. The van der Waals surface area contributed by atoms with Gasteiger partial charge in [-0.25, -0.2) is 0 Å². The molecular formula is C10H22O. The molecule has 0 aromatic heterocycles. The molecule has 68 valence electrons. The van der Waals surface area contributed by atoms with Crippen LogP contribution in [0.4, 0.5) is 0 Å². The van der Waals surface area contributed by atoms with Crippen molar-refractivity contribution >= 4 is 0 Å². The van der Waals surface area contributed by atoms with E-state index in [4.69, 9.17) is 0 Å². The SMILES string of the molecule is C=CC(=C)CCCC(C)(C)O.[HH].[HH]. The fourth-order valence-electron chi connectivity index (χ4n) is 0.850. The molecule has 0 spiro atoms. The van der Waals surface area contributed by atoms with Crippen molar-refractivity contribution in [3.05, 3.63) is 24.8 Å². The van der Waals surface area contributed by atoms with Gasteiger partial charge in [0, 0.05) is 2.85 Å². The standard InChI is InChI=1S/C10H18O.2H2/c1-5-9(2)7-6-8-10(3,4)11;;/h5,11H,1-2,6-8H2,3-4H3;2*1H. The Morgan fingerprint density at radius 2 is 2.18 bits per heavy atom. The van der Waals surface area contributed by atoms with E-state index < -0.39 is 5.60 Å². The molecule has 11 heavy (non-hydrogen) atoms. The first-order chi connectivity index (χ1) is 4.95. The first kappa shape index (κ1) is 10.4. The smallest absolute Gasteiger partial charge is 0.0591 e. The Morgan fingerprint density at radius 3 is 2.55 bits per heavy atom. The molecule has 0 saturated heterocycles. The quantitative estimate of drug-likeness (QED) is 0.609. The Labute approximate surface area is 72.4 Å². The van der Waals surface area contributed by atoms with Crippen molar-refractivity contribution < 1.29 is 7.96 Å². The second-order valence-corrected chi connectivity index (χ2v) is 3.53. The Balaban J connectivity index is -0.000000500. The van der Waals surface area contributed by atoms with Gasteiger partial charge in [-0.3, -0.25) is 0 Å². The van der Waals surface area contributed by atoms with Gasteiger partial charge in [-0.15, -0.1) is 0 Å². The van der Waals surface area contributed by atoms with E-state index in [1.54, 1.807) is 6.08 Å². The number of hydrogen-bond acceptors (Lipinski definition) is 1. The second kappa shape index (κ2) is 4.35. The van der Waals surface area contributed by atoms with Crippen LogP contribution in [0.1, 0.15) is 36.0 Å². The third kappa shape index (κ3) is 7.34. The largest absolute Gasteiger partial charge is 0.390 e. The highest BCUT2D eigenvalue weighted by molar-refractivity contribution is 5.10. The van der Waals surface area contributed by atoms with Crippen LogP contribution < -0.4 is 0 Å². The zero-order valence-corrected chi connectivity index (χ0v) is 7.56. The average Bonchev–Trinajstić information content (AvgIpc) is 1.85. The zero-order valence-electron chi connectivity index (χ0n) is 7.56. The molecule has 1 heteroatoms. The Kier molecular flexibility index (Phi) is 4.12. The average molecular weight is 158 g/mol. The lowest BCUT2D eigenvalue weighted by Gasteiger charge is -2.16. The van der Waals surface area contributed by atoms with Crippen molar-refractivity contribution in [3.63, 3.8) is 0 Å². The molecule has 0 rings (SSSR count). The zero-order chi connectivity index (χ0) is 8.91. The molecule has 0 bridgehead atoms. The van der Waals surface area contributed by atoms with E-state index in [0.29, 0.717) is 0 Å². The van der Waals surface area contributed by atoms with Gasteiger partial charge < -0.3 is 5.11 Å². The van der Waals surface area contributed by atoms with Crippen LogP contribution in [-0.4, -0.2) is 10.7 Å². The molecule has 0 atom stereocenters. The number of rotatable bonds is 5. The van der Waals surface area contributed by atoms with E-state index in [1.165, 1.54) is 0 Å². The van der Waals surface area contributed by atoms with Gasteiger partial charge in [0.25, 0.3) is 0 Å². The van der Waals surface area contributed by atoms with Gasteiger partial charge in [0.05, 0.1) is 5.60 Å². The Bertz CT molecular complexity index is 147. The lowest BCUT2D eigenvalue weighted by Crippen LogP contribution is -2.17. The summed E-state index contributed by atoms with van der Waals surface area (Å²) in [5, 5.41) is 9.35. The highest BCUT2D eigenvalue weighted by Crippen LogP contribution is 2.14. The van der Waals surface area contributed by atoms with Crippen molar-refractivity contribution in [3.8, 4) is 0 Å². The van der Waals surface area contributed by atoms with Crippen LogP contribution in [0.3, 0.4) is 0 Å². The molecular weight excluding hydrogens is 136 g/mol. The summed E-state index contributed by atoms with van der Waals surface area (Å²) in [6, 6.07) is 0. The summed E-state index contributed by atoms with van der Waals surface area (Å²) in [5.74, 6) is 0. The Morgan fingerprint density at radius 1 is 1.64 bits per heavy atom. The van der Waals surface area contributed by atoms with Gasteiger partial charge in [0.15, 0.2) is 0 Å². The molecule has 0 aromatic carbocycles. The van der Waals surface area contributed by atoms with E-state index in [-0.39, 0.29) is 2.85 Å². The first-order valence-corrected chi connectivity index (χ1v) is 3.98. The molecule has 0 radical (unpaired) electrons. The Hall–Kier alpha value is -0.560. The topological polar surface area (TPSA) is 20.2 Å². The van der Waals surface area contributed by atoms with Gasteiger partial charge in [-0.1, -0.05) is 24.8 Å². The summed E-state index contributed by atoms with van der Waals surface area (Å²) in [6.45, 7) is 11.1. The molecule has 0 amide bonds. The minimum absolute atomic E-state index is 0. The molecule has 0 aliphatic rings. The predicted molar refractivity (Wildman–Crippen MR) is 53.7 cm³/mol.